The SMILES string of the molecule is CC(C)(C)OC(=O)NC1CC2CCC(C1)N2C(=O)C(NS(=O)(=O)c1ccc2cc(OC3CCCC3)ccc2c1)C(F)(F)c1ccc(-c2ccc(Cl)s2)cc1. The molecule has 3 fully saturated rings. The number of fused-ring (bicyclic) bond motifs is 3. The second-order valence-electron chi connectivity index (χ2n) is 15.5. The number of thiophene rings is 1. The number of sulfonamides is 1. The van der Waals surface area contributed by atoms with Crippen LogP contribution in [0.3, 0.4) is 0 Å². The lowest BCUT2D eigenvalue weighted by molar-refractivity contribution is -0.149. The predicted molar refractivity (Wildman–Crippen MR) is 206 cm³/mol. The molecular weight excluding hydrogens is 756 g/mol. The maximum absolute atomic E-state index is 16.9. The van der Waals surface area contributed by atoms with Gasteiger partial charge in [-0.3, -0.25) is 4.79 Å². The second kappa shape index (κ2) is 15.0. The second-order valence-corrected chi connectivity index (χ2v) is 18.9. The average Bonchev–Trinajstić information content (AvgIpc) is 3.85. The first-order valence-corrected chi connectivity index (χ1v) is 21.0. The van der Waals surface area contributed by atoms with Gasteiger partial charge in [0.05, 0.1) is 15.3 Å². The van der Waals surface area contributed by atoms with E-state index in [1.165, 1.54) is 52.6 Å². The molecule has 3 unspecified atom stereocenters. The molecule has 2 aliphatic heterocycles. The van der Waals surface area contributed by atoms with E-state index in [0.717, 1.165) is 35.9 Å². The van der Waals surface area contributed by atoms with Crippen LogP contribution in [0.5, 0.6) is 5.75 Å². The number of amides is 2. The van der Waals surface area contributed by atoms with Crippen molar-refractivity contribution in [3.63, 3.8) is 0 Å². The van der Waals surface area contributed by atoms with Crippen LogP contribution in [0.1, 0.15) is 77.7 Å². The summed E-state index contributed by atoms with van der Waals surface area (Å²) in [7, 11) is -4.66. The number of carbonyl (C=O) groups is 2. The number of rotatable bonds is 10. The van der Waals surface area contributed by atoms with Crippen LogP contribution in [0, 0.1) is 0 Å². The Balaban J connectivity index is 1.17. The molecule has 3 atom stereocenters. The Morgan fingerprint density at radius 2 is 1.54 bits per heavy atom. The lowest BCUT2D eigenvalue weighted by Crippen LogP contribution is -2.61. The van der Waals surface area contributed by atoms with Gasteiger partial charge in [-0.05, 0) is 125 Å². The number of ether oxygens (including phenoxy) is 2. The summed E-state index contributed by atoms with van der Waals surface area (Å²) in [5, 5.41) is 4.17. The number of benzene rings is 3. The van der Waals surface area contributed by atoms with Crippen LogP contribution in [0.25, 0.3) is 21.2 Å². The Hall–Kier alpha value is -3.78. The zero-order chi connectivity index (χ0) is 38.4. The molecule has 2 N–H and O–H groups in total. The molecule has 54 heavy (non-hydrogen) atoms. The molecule has 2 bridgehead atoms. The molecule has 2 saturated heterocycles. The largest absolute Gasteiger partial charge is 0.490 e. The van der Waals surface area contributed by atoms with Crippen molar-refractivity contribution < 1.29 is 36.3 Å². The molecule has 9 nitrogen and oxygen atoms in total. The molecule has 1 aliphatic carbocycles. The monoisotopic (exact) mass is 799 g/mol. The van der Waals surface area contributed by atoms with Crippen molar-refractivity contribution in [2.24, 2.45) is 0 Å². The minimum absolute atomic E-state index is 0.148. The standard InChI is InChI=1S/C40H44ClF2N3O6S2/c1-39(2,3)52-38(48)44-28-22-29-14-15-30(23-28)46(29)37(47)36(40(42,43)27-12-8-24(9-13-27)34-18-19-35(41)53-34)45-54(49,50)33-17-11-25-20-32(16-10-26(25)21-33)51-31-6-4-5-7-31/h8-13,16-21,28-31,36,45H,4-7,14-15,22-23H2,1-3H3,(H,44,48). The van der Waals surface area contributed by atoms with Gasteiger partial charge in [-0.1, -0.05) is 48.0 Å². The summed E-state index contributed by atoms with van der Waals surface area (Å²) in [5.74, 6) is -4.29. The number of carbonyl (C=O) groups excluding carboxylic acids is 2. The number of halogens is 3. The highest BCUT2D eigenvalue weighted by atomic mass is 35.5. The molecule has 4 aromatic rings. The van der Waals surface area contributed by atoms with E-state index < -0.39 is 57.2 Å². The zero-order valence-corrected chi connectivity index (χ0v) is 32.7. The number of hydrogen-bond acceptors (Lipinski definition) is 7. The van der Waals surface area contributed by atoms with Crippen LogP contribution in [0.2, 0.25) is 4.34 Å². The molecule has 2 amide bonds. The zero-order valence-electron chi connectivity index (χ0n) is 30.3. The first kappa shape index (κ1) is 38.5. The van der Waals surface area contributed by atoms with Gasteiger partial charge in [-0.15, -0.1) is 11.3 Å². The normalized spacial score (nSPS) is 21.3. The van der Waals surface area contributed by atoms with Gasteiger partial charge < -0.3 is 19.7 Å². The Labute approximate surface area is 323 Å². The molecule has 288 valence electrons. The molecule has 0 spiro atoms. The summed E-state index contributed by atoms with van der Waals surface area (Å²) in [5.41, 5.74) is -0.570. The fourth-order valence-electron chi connectivity index (χ4n) is 7.91. The van der Waals surface area contributed by atoms with E-state index in [1.807, 2.05) is 6.07 Å². The van der Waals surface area contributed by atoms with E-state index >= 15 is 8.78 Å². The van der Waals surface area contributed by atoms with Gasteiger partial charge in [-0.2, -0.15) is 13.5 Å². The van der Waals surface area contributed by atoms with E-state index in [9.17, 15) is 18.0 Å². The predicted octanol–water partition coefficient (Wildman–Crippen LogP) is 9.03. The topological polar surface area (TPSA) is 114 Å². The van der Waals surface area contributed by atoms with Crippen molar-refractivity contribution in [2.45, 2.75) is 119 Å². The number of hydrogen-bond donors (Lipinski definition) is 2. The van der Waals surface area contributed by atoms with Crippen molar-refractivity contribution in [1.82, 2.24) is 14.9 Å². The summed E-state index contributed by atoms with van der Waals surface area (Å²) >= 11 is 7.39. The lowest BCUT2D eigenvalue weighted by atomic mass is 9.94. The highest BCUT2D eigenvalue weighted by Crippen LogP contribution is 2.41. The molecule has 3 aliphatic rings. The van der Waals surface area contributed by atoms with Crippen LogP contribution in [0.15, 0.2) is 77.7 Å². The quantitative estimate of drug-likeness (QED) is 0.166. The smallest absolute Gasteiger partial charge is 0.407 e. The lowest BCUT2D eigenvalue weighted by Gasteiger charge is -2.42. The van der Waals surface area contributed by atoms with E-state index in [1.54, 1.807) is 51.1 Å². The van der Waals surface area contributed by atoms with Crippen LogP contribution in [0.4, 0.5) is 13.6 Å². The van der Waals surface area contributed by atoms with Crippen LogP contribution >= 0.6 is 22.9 Å². The summed E-state index contributed by atoms with van der Waals surface area (Å²) in [6.45, 7) is 5.26. The van der Waals surface area contributed by atoms with Crippen LogP contribution in [-0.2, 0) is 25.5 Å². The van der Waals surface area contributed by atoms with Crippen molar-refractivity contribution in [3.8, 4) is 16.2 Å². The highest BCUT2D eigenvalue weighted by Gasteiger charge is 2.54. The number of alkyl halides is 2. The van der Waals surface area contributed by atoms with Gasteiger partial charge in [0.25, 0.3) is 5.92 Å². The summed E-state index contributed by atoms with van der Waals surface area (Å²) in [6, 6.07) is 14.9. The first-order valence-electron chi connectivity index (χ1n) is 18.3. The van der Waals surface area contributed by atoms with E-state index in [2.05, 4.69) is 10.0 Å². The third-order valence-corrected chi connectivity index (χ3v) is 13.1. The van der Waals surface area contributed by atoms with Gasteiger partial charge in [-0.25, -0.2) is 13.2 Å². The Kier molecular flexibility index (Phi) is 10.7. The van der Waals surface area contributed by atoms with Gasteiger partial charge in [0.2, 0.25) is 15.9 Å². The third-order valence-electron chi connectivity index (χ3n) is 10.4. The van der Waals surface area contributed by atoms with Gasteiger partial charge >= 0.3 is 6.09 Å². The molecule has 14 heteroatoms. The van der Waals surface area contributed by atoms with Crippen molar-refractivity contribution in [2.75, 3.05) is 0 Å². The summed E-state index contributed by atoms with van der Waals surface area (Å²) < 4.78 is 76.1. The Morgan fingerprint density at radius 1 is 0.889 bits per heavy atom. The molecule has 7 rings (SSSR count). The Bertz CT molecular complexity index is 2120. The minimum Gasteiger partial charge on any atom is -0.490 e. The number of alkyl carbamates (subject to hydrolysis) is 1. The maximum atomic E-state index is 16.9. The number of nitrogens with one attached hydrogen (secondary N) is 2. The minimum atomic E-state index is -4.66. The van der Waals surface area contributed by atoms with E-state index in [4.69, 9.17) is 21.1 Å². The van der Waals surface area contributed by atoms with Gasteiger partial charge in [0.15, 0.2) is 6.04 Å². The summed E-state index contributed by atoms with van der Waals surface area (Å²) in [6.07, 6.45) is 5.48. The summed E-state index contributed by atoms with van der Waals surface area (Å²) in [4.78, 5) is 28.9. The van der Waals surface area contributed by atoms with Gasteiger partial charge in [0.1, 0.15) is 11.4 Å². The van der Waals surface area contributed by atoms with Crippen LogP contribution < -0.4 is 14.8 Å². The molecule has 0 radical (unpaired) electrons. The number of piperidine rings is 1. The molecule has 1 aromatic heterocycles. The van der Waals surface area contributed by atoms with Crippen molar-refractivity contribution in [1.29, 1.82) is 0 Å². The van der Waals surface area contributed by atoms with Crippen molar-refractivity contribution in [3.05, 3.63) is 82.7 Å². The van der Waals surface area contributed by atoms with Crippen molar-refractivity contribution >= 4 is 55.7 Å². The fraction of sp³-hybridized carbons (Fsp3) is 0.450. The van der Waals surface area contributed by atoms with E-state index in [-0.39, 0.29) is 17.0 Å². The highest BCUT2D eigenvalue weighted by molar-refractivity contribution is 7.89. The third kappa shape index (κ3) is 8.39. The molecule has 3 heterocycles. The number of nitrogens with zero attached hydrogens (tertiary/aromatic N) is 1. The fourth-order valence-corrected chi connectivity index (χ4v) is 10.2. The molecule has 1 saturated carbocycles. The van der Waals surface area contributed by atoms with Gasteiger partial charge in [0, 0.05) is 28.6 Å². The molecule has 3 aromatic carbocycles. The maximum Gasteiger partial charge on any atom is 0.407 e. The first-order chi connectivity index (χ1) is 25.6. The molecular formula is C40H44ClF2N3O6S2. The Morgan fingerprint density at radius 3 is 2.17 bits per heavy atom. The average molecular weight is 800 g/mol. The van der Waals surface area contributed by atoms with E-state index in [0.29, 0.717) is 46.7 Å². The van der Waals surface area contributed by atoms with Crippen LogP contribution in [-0.4, -0.2) is 61.2 Å².